The van der Waals surface area contributed by atoms with Gasteiger partial charge in [0, 0.05) is 37.5 Å². The Bertz CT molecular complexity index is 2650. The molecule has 1 unspecified atom stereocenters. The first kappa shape index (κ1) is 35.0. The second kappa shape index (κ2) is 13.6. The normalized spacial score (nSPS) is 18.1. The molecule has 0 saturated heterocycles. The van der Waals surface area contributed by atoms with E-state index in [1.165, 1.54) is 38.6 Å². The Morgan fingerprint density at radius 2 is 1.49 bits per heavy atom. The molecule has 2 aliphatic rings. The van der Waals surface area contributed by atoms with E-state index in [1.807, 2.05) is 32.0 Å². The van der Waals surface area contributed by atoms with Crippen LogP contribution in [0.2, 0.25) is 0 Å². The molecule has 4 heteroatoms. The zero-order valence-electron chi connectivity index (χ0n) is 37.2. The molecule has 1 spiro atoms. The van der Waals surface area contributed by atoms with Crippen LogP contribution in [0.1, 0.15) is 127 Å². The SMILES string of the molecule is [2H]C([2H])(c1ccc2c(ccc3c2oc2nc(C)[n+]4c(c23)-c2cc(C(C)(C)C)c3ccccc3c2C42OC(C(CC)CC)=CC(C(CC)CC)=C2C(C)C)c1)C(C)C. The third kappa shape index (κ3) is 5.59. The Morgan fingerprint density at radius 3 is 2.13 bits per heavy atom. The topological polar surface area (TPSA) is 39.1 Å². The summed E-state index contributed by atoms with van der Waals surface area (Å²) in [5, 5.41) is 6.38. The number of rotatable bonds is 9. The fourth-order valence-corrected chi connectivity index (χ4v) is 10.1. The van der Waals surface area contributed by atoms with Crippen LogP contribution >= 0.6 is 0 Å². The van der Waals surface area contributed by atoms with E-state index in [0.29, 0.717) is 17.2 Å². The molecular formula is C51H61N2O2+. The molecular weight excluding hydrogens is 673 g/mol. The van der Waals surface area contributed by atoms with Crippen molar-refractivity contribution >= 4 is 43.6 Å². The molecule has 0 bridgehead atoms. The number of hydrogen-bond acceptors (Lipinski definition) is 3. The number of aromatic nitrogens is 2. The van der Waals surface area contributed by atoms with Gasteiger partial charge in [0.05, 0.1) is 5.56 Å². The van der Waals surface area contributed by atoms with E-state index in [0.717, 1.165) is 70.1 Å². The molecule has 55 heavy (non-hydrogen) atoms. The van der Waals surface area contributed by atoms with Crippen molar-refractivity contribution in [2.75, 3.05) is 0 Å². The molecule has 0 fully saturated rings. The van der Waals surface area contributed by atoms with E-state index in [4.69, 9.17) is 16.9 Å². The van der Waals surface area contributed by atoms with Gasteiger partial charge in [0.2, 0.25) is 0 Å². The van der Waals surface area contributed by atoms with Crippen molar-refractivity contribution in [3.63, 3.8) is 0 Å². The smallest absolute Gasteiger partial charge is 0.346 e. The number of ether oxygens (including phenoxy) is 1. The molecule has 8 rings (SSSR count). The van der Waals surface area contributed by atoms with Gasteiger partial charge in [0.1, 0.15) is 16.7 Å². The van der Waals surface area contributed by atoms with Gasteiger partial charge in [-0.1, -0.05) is 125 Å². The van der Waals surface area contributed by atoms with E-state index in [-0.39, 0.29) is 23.2 Å². The van der Waals surface area contributed by atoms with Crippen molar-refractivity contribution in [1.82, 2.24) is 4.98 Å². The molecule has 0 N–H and O–H groups in total. The predicted molar refractivity (Wildman–Crippen MR) is 230 cm³/mol. The van der Waals surface area contributed by atoms with Gasteiger partial charge in [-0.15, -0.1) is 0 Å². The first-order valence-electron chi connectivity index (χ1n) is 22.0. The van der Waals surface area contributed by atoms with Crippen molar-refractivity contribution in [3.8, 4) is 11.3 Å². The standard InChI is InChI=1S/C51H61N2O2/c1-13-33(14-2)40-28-43(34(15-3)16-4)55-51(45(40)30(7)8)46-38-20-18-17-19-37(38)42(50(10,11)12)27-41(46)47-44-39-24-22-35-26-32(25-29(5)6)21-23-36(35)48(39)54-49(44)52-31(9)53(47)51/h17-24,26-30,33-34H,13-16,25H2,1-12H3/q+1/i25D2. The molecule has 4 nitrogen and oxygen atoms in total. The van der Waals surface area contributed by atoms with Crippen molar-refractivity contribution in [2.45, 2.75) is 126 Å². The number of hydrogen-bond donors (Lipinski definition) is 0. The molecule has 0 amide bonds. The Balaban J connectivity index is 1.59. The summed E-state index contributed by atoms with van der Waals surface area (Å²) in [6, 6.07) is 21.7. The van der Waals surface area contributed by atoms with Gasteiger partial charge in [-0.05, 0) is 111 Å². The lowest BCUT2D eigenvalue weighted by Gasteiger charge is -2.42. The highest BCUT2D eigenvalue weighted by atomic mass is 16.5. The number of benzene rings is 4. The van der Waals surface area contributed by atoms with E-state index in [1.54, 1.807) is 0 Å². The number of fused-ring (bicyclic) bond motifs is 13. The Hall–Kier alpha value is -4.44. The highest BCUT2D eigenvalue weighted by molar-refractivity contribution is 6.18. The maximum atomic E-state index is 8.83. The number of allylic oxidation sites excluding steroid dienone is 3. The average molecular weight is 736 g/mol. The van der Waals surface area contributed by atoms with Gasteiger partial charge >= 0.3 is 17.3 Å². The summed E-state index contributed by atoms with van der Waals surface area (Å²) in [4.78, 5) is 5.38. The summed E-state index contributed by atoms with van der Waals surface area (Å²) in [5.41, 5.74) is 8.46. The van der Waals surface area contributed by atoms with Gasteiger partial charge in [-0.25, -0.2) is 0 Å². The van der Waals surface area contributed by atoms with Crippen LogP contribution in [0.3, 0.4) is 0 Å². The molecule has 2 aromatic heterocycles. The predicted octanol–water partition coefficient (Wildman–Crippen LogP) is 13.8. The molecule has 1 atom stereocenters. The second-order valence-electron chi connectivity index (χ2n) is 17.8. The van der Waals surface area contributed by atoms with Crippen molar-refractivity contribution in [1.29, 1.82) is 0 Å². The third-order valence-corrected chi connectivity index (χ3v) is 12.5. The van der Waals surface area contributed by atoms with Crippen LogP contribution in [0, 0.1) is 30.6 Å². The summed E-state index contributed by atoms with van der Waals surface area (Å²) in [6.45, 7) is 26.9. The van der Waals surface area contributed by atoms with Crippen molar-refractivity contribution < 1.29 is 16.5 Å². The Kier molecular flexibility index (Phi) is 8.68. The number of furan rings is 1. The zero-order chi connectivity index (χ0) is 40.9. The minimum absolute atomic E-state index is 0.130. The fourth-order valence-electron chi connectivity index (χ4n) is 10.1. The van der Waals surface area contributed by atoms with E-state index >= 15 is 0 Å². The lowest BCUT2D eigenvalue weighted by atomic mass is 9.73. The summed E-state index contributed by atoms with van der Waals surface area (Å²) < 4.78 is 34.9. The zero-order valence-corrected chi connectivity index (χ0v) is 35.2. The Morgan fingerprint density at radius 1 is 0.818 bits per heavy atom. The van der Waals surface area contributed by atoms with Crippen LogP contribution in [0.4, 0.5) is 0 Å². The maximum absolute atomic E-state index is 8.83. The molecule has 286 valence electrons. The lowest BCUT2D eigenvalue weighted by Crippen LogP contribution is -2.62. The molecule has 4 aromatic carbocycles. The summed E-state index contributed by atoms with van der Waals surface area (Å²) in [5.74, 6) is 2.59. The van der Waals surface area contributed by atoms with Crippen molar-refractivity contribution in [3.05, 3.63) is 106 Å². The summed E-state index contributed by atoms with van der Waals surface area (Å²) >= 11 is 0. The molecule has 0 saturated carbocycles. The maximum Gasteiger partial charge on any atom is 0.346 e. The van der Waals surface area contributed by atoms with E-state index in [2.05, 4.69) is 122 Å². The number of aryl methyl sites for hydroxylation is 1. The van der Waals surface area contributed by atoms with Crippen molar-refractivity contribution in [2.24, 2.45) is 23.7 Å². The largest absolute Gasteiger partial charge is 0.446 e. The minimum Gasteiger partial charge on any atom is -0.446 e. The van der Waals surface area contributed by atoms with E-state index < -0.39 is 12.1 Å². The van der Waals surface area contributed by atoms with Crippen LogP contribution in [0.5, 0.6) is 0 Å². The van der Waals surface area contributed by atoms with Gasteiger partial charge in [-0.2, -0.15) is 4.57 Å². The summed E-state index contributed by atoms with van der Waals surface area (Å²) in [6.07, 6.45) is 5.09. The molecule has 6 aromatic rings. The lowest BCUT2D eigenvalue weighted by molar-refractivity contribution is -0.777. The van der Waals surface area contributed by atoms with Crippen LogP contribution in [0.15, 0.2) is 88.1 Å². The van der Waals surface area contributed by atoms with E-state index in [9.17, 15) is 0 Å². The third-order valence-electron chi connectivity index (χ3n) is 12.5. The highest BCUT2D eigenvalue weighted by Crippen LogP contribution is 2.57. The van der Waals surface area contributed by atoms with Gasteiger partial charge < -0.3 is 9.15 Å². The van der Waals surface area contributed by atoms with Crippen LogP contribution in [-0.4, -0.2) is 4.98 Å². The molecule has 2 aliphatic heterocycles. The van der Waals surface area contributed by atoms with Crippen LogP contribution in [0.25, 0.3) is 54.9 Å². The minimum atomic E-state index is -1.45. The number of nitrogens with zero attached hydrogens (tertiary/aromatic N) is 2. The molecule has 0 radical (unpaired) electrons. The Labute approximate surface area is 331 Å². The first-order valence-corrected chi connectivity index (χ1v) is 21.0. The quantitative estimate of drug-likeness (QED) is 0.139. The van der Waals surface area contributed by atoms with Crippen LogP contribution in [-0.2, 0) is 22.2 Å². The molecule has 0 aliphatic carbocycles. The first-order chi connectivity index (χ1) is 27.0. The second-order valence-corrected chi connectivity index (χ2v) is 17.8. The molecule has 4 heterocycles. The highest BCUT2D eigenvalue weighted by Gasteiger charge is 2.60. The van der Waals surface area contributed by atoms with Gasteiger partial charge in [-0.3, -0.25) is 0 Å². The summed E-state index contributed by atoms with van der Waals surface area (Å²) in [7, 11) is 0. The van der Waals surface area contributed by atoms with Gasteiger partial charge in [0.15, 0.2) is 5.69 Å². The monoisotopic (exact) mass is 735 g/mol. The van der Waals surface area contributed by atoms with Gasteiger partial charge in [0.25, 0.3) is 0 Å². The average Bonchev–Trinajstić information content (AvgIpc) is 3.68. The van der Waals surface area contributed by atoms with Crippen LogP contribution < -0.4 is 4.57 Å². The fraction of sp³-hybridized carbons (Fsp3) is 0.451.